The summed E-state index contributed by atoms with van der Waals surface area (Å²) in [7, 11) is 0. The van der Waals surface area contributed by atoms with Gasteiger partial charge in [0.1, 0.15) is 11.6 Å². The minimum atomic E-state index is -0.665. The highest BCUT2D eigenvalue weighted by atomic mass is 35.5. The molecule has 0 heterocycles. The summed E-state index contributed by atoms with van der Waals surface area (Å²) < 4.78 is 18.5. The Morgan fingerprint density at radius 2 is 1.86 bits per heavy atom. The van der Waals surface area contributed by atoms with Crippen LogP contribution in [0, 0.1) is 5.82 Å². The molecular weight excluding hydrogens is 305 g/mol. The Labute approximate surface area is 134 Å². The van der Waals surface area contributed by atoms with Crippen molar-refractivity contribution in [2.45, 2.75) is 26.0 Å². The van der Waals surface area contributed by atoms with Crippen molar-refractivity contribution in [3.8, 4) is 5.75 Å². The predicted octanol–water partition coefficient (Wildman–Crippen LogP) is 4.12. The molecule has 0 aromatic heterocycles. The number of carbonyl (C=O) groups is 1. The first-order chi connectivity index (χ1) is 10.5. The molecule has 2 aromatic carbocycles. The van der Waals surface area contributed by atoms with Gasteiger partial charge in [0.25, 0.3) is 5.91 Å². The van der Waals surface area contributed by atoms with E-state index in [0.717, 1.165) is 5.56 Å². The first-order valence-corrected chi connectivity index (χ1v) is 7.31. The van der Waals surface area contributed by atoms with Crippen LogP contribution >= 0.6 is 11.6 Å². The molecule has 0 saturated carbocycles. The largest absolute Gasteiger partial charge is 0.481 e. The van der Waals surface area contributed by atoms with Crippen LogP contribution in [0.25, 0.3) is 0 Å². The van der Waals surface area contributed by atoms with E-state index in [1.54, 1.807) is 43.3 Å². The van der Waals surface area contributed by atoms with Gasteiger partial charge in [-0.2, -0.15) is 0 Å². The van der Waals surface area contributed by atoms with E-state index in [9.17, 15) is 9.18 Å². The zero-order chi connectivity index (χ0) is 16.1. The van der Waals surface area contributed by atoms with Crippen LogP contribution in [0.5, 0.6) is 5.75 Å². The van der Waals surface area contributed by atoms with Gasteiger partial charge < -0.3 is 10.1 Å². The van der Waals surface area contributed by atoms with Gasteiger partial charge in [0, 0.05) is 5.02 Å². The molecule has 2 rings (SSSR count). The summed E-state index contributed by atoms with van der Waals surface area (Å²) in [6.45, 7) is 3.49. The molecule has 0 bridgehead atoms. The average Bonchev–Trinajstić information content (AvgIpc) is 2.47. The van der Waals surface area contributed by atoms with Gasteiger partial charge in [0.05, 0.1) is 6.04 Å². The van der Waals surface area contributed by atoms with Crippen LogP contribution < -0.4 is 10.1 Å². The molecule has 3 nitrogen and oxygen atoms in total. The van der Waals surface area contributed by atoms with E-state index in [1.165, 1.54) is 12.1 Å². The number of carbonyl (C=O) groups excluding carboxylic acids is 1. The van der Waals surface area contributed by atoms with Crippen molar-refractivity contribution < 1.29 is 13.9 Å². The number of benzene rings is 2. The molecule has 0 spiro atoms. The molecule has 1 N–H and O–H groups in total. The van der Waals surface area contributed by atoms with Gasteiger partial charge in [-0.15, -0.1) is 0 Å². The quantitative estimate of drug-likeness (QED) is 0.899. The van der Waals surface area contributed by atoms with Crippen molar-refractivity contribution in [1.82, 2.24) is 5.32 Å². The van der Waals surface area contributed by atoms with Crippen molar-refractivity contribution in [2.24, 2.45) is 0 Å². The Hall–Kier alpha value is -2.07. The second kappa shape index (κ2) is 7.27. The summed E-state index contributed by atoms with van der Waals surface area (Å²) in [5.74, 6) is -0.0266. The van der Waals surface area contributed by atoms with Crippen LogP contribution in [0.2, 0.25) is 5.02 Å². The van der Waals surface area contributed by atoms with Crippen LogP contribution in [-0.2, 0) is 4.79 Å². The highest BCUT2D eigenvalue weighted by molar-refractivity contribution is 6.30. The van der Waals surface area contributed by atoms with Gasteiger partial charge >= 0.3 is 0 Å². The zero-order valence-electron chi connectivity index (χ0n) is 12.3. The van der Waals surface area contributed by atoms with Crippen molar-refractivity contribution in [3.63, 3.8) is 0 Å². The highest BCUT2D eigenvalue weighted by Crippen LogP contribution is 2.19. The summed E-state index contributed by atoms with van der Waals surface area (Å²) in [4.78, 5) is 12.1. The third kappa shape index (κ3) is 4.46. The fourth-order valence-electron chi connectivity index (χ4n) is 1.96. The summed E-state index contributed by atoms with van der Waals surface area (Å²) in [6, 6.07) is 12.6. The lowest BCUT2D eigenvalue weighted by molar-refractivity contribution is -0.127. The van der Waals surface area contributed by atoms with Crippen molar-refractivity contribution in [1.29, 1.82) is 0 Å². The number of nitrogens with one attached hydrogen (secondary N) is 1. The van der Waals surface area contributed by atoms with Crippen molar-refractivity contribution in [2.75, 3.05) is 0 Å². The number of hydrogen-bond donors (Lipinski definition) is 1. The third-order valence-corrected chi connectivity index (χ3v) is 3.44. The highest BCUT2D eigenvalue weighted by Gasteiger charge is 2.17. The molecule has 0 aliphatic rings. The number of rotatable bonds is 5. The van der Waals surface area contributed by atoms with E-state index in [2.05, 4.69) is 5.32 Å². The van der Waals surface area contributed by atoms with Gasteiger partial charge in [-0.1, -0.05) is 29.8 Å². The van der Waals surface area contributed by atoms with Gasteiger partial charge in [0.15, 0.2) is 6.10 Å². The molecule has 0 fully saturated rings. The van der Waals surface area contributed by atoms with E-state index >= 15 is 0 Å². The van der Waals surface area contributed by atoms with Gasteiger partial charge in [-0.25, -0.2) is 4.39 Å². The fourth-order valence-corrected chi connectivity index (χ4v) is 2.14. The van der Waals surface area contributed by atoms with E-state index in [0.29, 0.717) is 10.8 Å². The Bertz CT molecular complexity index is 645. The standard InChI is InChI=1S/C17H17ClFNO2/c1-11(13-6-8-15(19)9-7-13)20-17(21)12(2)22-16-5-3-4-14(18)10-16/h3-12H,1-2H3,(H,20,21)/t11-,12+/m0/s1. The molecule has 5 heteroatoms. The Morgan fingerprint density at radius 1 is 1.18 bits per heavy atom. The average molecular weight is 322 g/mol. The maximum absolute atomic E-state index is 12.9. The van der Waals surface area contributed by atoms with E-state index in [-0.39, 0.29) is 17.8 Å². The Kier molecular flexibility index (Phi) is 5.39. The van der Waals surface area contributed by atoms with Gasteiger partial charge in [-0.3, -0.25) is 4.79 Å². The molecule has 0 aliphatic heterocycles. The molecule has 2 atom stereocenters. The van der Waals surface area contributed by atoms with Crippen LogP contribution in [-0.4, -0.2) is 12.0 Å². The van der Waals surface area contributed by atoms with Crippen LogP contribution in [0.15, 0.2) is 48.5 Å². The summed E-state index contributed by atoms with van der Waals surface area (Å²) in [6.07, 6.45) is -0.665. The molecule has 0 unspecified atom stereocenters. The smallest absolute Gasteiger partial charge is 0.261 e. The van der Waals surface area contributed by atoms with E-state index < -0.39 is 6.10 Å². The van der Waals surface area contributed by atoms with Gasteiger partial charge in [-0.05, 0) is 49.7 Å². The monoisotopic (exact) mass is 321 g/mol. The number of hydrogen-bond acceptors (Lipinski definition) is 2. The molecule has 2 aromatic rings. The first-order valence-electron chi connectivity index (χ1n) is 6.94. The lowest BCUT2D eigenvalue weighted by Crippen LogP contribution is -2.37. The first kappa shape index (κ1) is 16.3. The Balaban J connectivity index is 1.94. The lowest BCUT2D eigenvalue weighted by atomic mass is 10.1. The second-order valence-electron chi connectivity index (χ2n) is 5.00. The van der Waals surface area contributed by atoms with Gasteiger partial charge in [0.2, 0.25) is 0 Å². The SMILES string of the molecule is C[C@H](NC(=O)[C@@H](C)Oc1cccc(Cl)c1)c1ccc(F)cc1. The minimum Gasteiger partial charge on any atom is -0.481 e. The fraction of sp³-hybridized carbons (Fsp3) is 0.235. The van der Waals surface area contributed by atoms with Crippen molar-refractivity contribution in [3.05, 3.63) is 64.9 Å². The Morgan fingerprint density at radius 3 is 2.50 bits per heavy atom. The number of amides is 1. The second-order valence-corrected chi connectivity index (χ2v) is 5.44. The molecule has 0 radical (unpaired) electrons. The topological polar surface area (TPSA) is 38.3 Å². The number of halogens is 2. The molecular formula is C17H17ClFNO2. The normalized spacial score (nSPS) is 13.3. The predicted molar refractivity (Wildman–Crippen MR) is 84.5 cm³/mol. The summed E-state index contributed by atoms with van der Waals surface area (Å²) in [5.41, 5.74) is 0.824. The molecule has 1 amide bonds. The molecule has 116 valence electrons. The third-order valence-electron chi connectivity index (χ3n) is 3.21. The molecule has 0 aliphatic carbocycles. The number of ether oxygens (including phenoxy) is 1. The lowest BCUT2D eigenvalue weighted by Gasteiger charge is -2.19. The summed E-state index contributed by atoms with van der Waals surface area (Å²) in [5, 5.41) is 3.38. The van der Waals surface area contributed by atoms with Crippen LogP contribution in [0.3, 0.4) is 0 Å². The maximum atomic E-state index is 12.9. The van der Waals surface area contributed by atoms with Crippen LogP contribution in [0.4, 0.5) is 4.39 Å². The molecule has 0 saturated heterocycles. The van der Waals surface area contributed by atoms with Crippen molar-refractivity contribution >= 4 is 17.5 Å². The summed E-state index contributed by atoms with van der Waals surface area (Å²) >= 11 is 5.87. The minimum absolute atomic E-state index is 0.237. The van der Waals surface area contributed by atoms with E-state index in [1.807, 2.05) is 6.92 Å². The van der Waals surface area contributed by atoms with Crippen LogP contribution in [0.1, 0.15) is 25.5 Å². The maximum Gasteiger partial charge on any atom is 0.261 e. The van der Waals surface area contributed by atoms with E-state index in [4.69, 9.17) is 16.3 Å². The molecule has 22 heavy (non-hydrogen) atoms. The zero-order valence-corrected chi connectivity index (χ0v) is 13.1.